The van der Waals surface area contributed by atoms with Crippen molar-refractivity contribution >= 4 is 5.91 Å². The average molecular weight is 336 g/mol. The van der Waals surface area contributed by atoms with Crippen molar-refractivity contribution in [1.29, 1.82) is 0 Å². The first kappa shape index (κ1) is 15.6. The van der Waals surface area contributed by atoms with Crippen molar-refractivity contribution in [3.63, 3.8) is 0 Å². The highest BCUT2D eigenvalue weighted by atomic mass is 16.3. The molecule has 3 heterocycles. The summed E-state index contributed by atoms with van der Waals surface area (Å²) in [5, 5.41) is 7.64. The Hall–Kier alpha value is -2.89. The Bertz CT molecular complexity index is 911. The van der Waals surface area contributed by atoms with Gasteiger partial charge in [0.2, 0.25) is 0 Å². The molecule has 128 valence electrons. The topological polar surface area (TPSA) is 73.0 Å². The number of aryl methyl sites for hydroxylation is 2. The van der Waals surface area contributed by atoms with E-state index >= 15 is 0 Å². The van der Waals surface area contributed by atoms with Crippen LogP contribution in [0.25, 0.3) is 5.82 Å². The zero-order valence-corrected chi connectivity index (χ0v) is 14.3. The minimum absolute atomic E-state index is 0.0386. The minimum atomic E-state index is -0.0993. The molecule has 0 aliphatic heterocycles. The van der Waals surface area contributed by atoms with Gasteiger partial charge >= 0.3 is 0 Å². The molecule has 6 nitrogen and oxygen atoms in total. The molecule has 4 rings (SSSR count). The normalized spacial score (nSPS) is 16.5. The Morgan fingerprint density at radius 1 is 1.36 bits per heavy atom. The summed E-state index contributed by atoms with van der Waals surface area (Å²) in [6.45, 7) is 3.66. The number of rotatable bonds is 3. The molecule has 0 unspecified atom stereocenters. The van der Waals surface area contributed by atoms with E-state index in [0.29, 0.717) is 11.3 Å². The molecule has 0 bridgehead atoms. The second kappa shape index (κ2) is 6.20. The summed E-state index contributed by atoms with van der Waals surface area (Å²) < 4.78 is 7.35. The molecular weight excluding hydrogens is 316 g/mol. The maximum absolute atomic E-state index is 12.6. The van der Waals surface area contributed by atoms with Crippen LogP contribution in [-0.4, -0.2) is 20.7 Å². The minimum Gasteiger partial charge on any atom is -0.466 e. The predicted molar refractivity (Wildman–Crippen MR) is 92.7 cm³/mol. The third kappa shape index (κ3) is 2.84. The van der Waals surface area contributed by atoms with Gasteiger partial charge in [-0.2, -0.15) is 5.10 Å². The number of nitrogens with zero attached hydrogens (tertiary/aromatic N) is 3. The number of hydrogen-bond acceptors (Lipinski definition) is 4. The van der Waals surface area contributed by atoms with E-state index in [4.69, 9.17) is 4.42 Å². The largest absolute Gasteiger partial charge is 0.466 e. The van der Waals surface area contributed by atoms with Gasteiger partial charge in [0.1, 0.15) is 11.5 Å². The van der Waals surface area contributed by atoms with E-state index < -0.39 is 0 Å². The Morgan fingerprint density at radius 2 is 2.24 bits per heavy atom. The molecule has 6 heteroatoms. The van der Waals surface area contributed by atoms with Gasteiger partial charge < -0.3 is 9.73 Å². The molecule has 1 atom stereocenters. The Labute approximate surface area is 145 Å². The summed E-state index contributed by atoms with van der Waals surface area (Å²) in [5.41, 5.74) is 2.79. The lowest BCUT2D eigenvalue weighted by molar-refractivity contribution is 0.0931. The standard InChI is InChI=1S/C19H20N4O2/c1-12-10-14(13(2)25-12)19(24)22-16-6-5-7-17-15(16)11-21-23(17)18-8-3-4-9-20-18/h3-4,8-11,16H,5-7H2,1-2H3,(H,22,24)/t16-/m1/s1. The number of fused-ring (bicyclic) bond motifs is 1. The lowest BCUT2D eigenvalue weighted by Gasteiger charge is -2.24. The SMILES string of the molecule is Cc1cc(C(=O)N[C@@H]2CCCc3c2cnn3-c2ccccn2)c(C)o1. The third-order valence-electron chi connectivity index (χ3n) is 4.64. The number of amides is 1. The molecule has 1 aliphatic rings. The van der Waals surface area contributed by atoms with Crippen LogP contribution >= 0.6 is 0 Å². The molecule has 1 amide bonds. The quantitative estimate of drug-likeness (QED) is 0.796. The van der Waals surface area contributed by atoms with Gasteiger partial charge in [0.25, 0.3) is 5.91 Å². The molecule has 0 fully saturated rings. The van der Waals surface area contributed by atoms with E-state index in [9.17, 15) is 4.79 Å². The van der Waals surface area contributed by atoms with Gasteiger partial charge in [-0.05, 0) is 51.3 Å². The first-order chi connectivity index (χ1) is 12.1. The number of aromatic nitrogens is 3. The second-order valence-corrected chi connectivity index (χ2v) is 6.39. The van der Waals surface area contributed by atoms with E-state index in [1.54, 1.807) is 12.3 Å². The van der Waals surface area contributed by atoms with Crippen LogP contribution in [-0.2, 0) is 6.42 Å². The lowest BCUT2D eigenvalue weighted by atomic mass is 9.92. The number of carbonyl (C=O) groups excluding carboxylic acids is 1. The molecule has 3 aromatic heterocycles. The lowest BCUT2D eigenvalue weighted by Crippen LogP contribution is -2.31. The van der Waals surface area contributed by atoms with E-state index in [2.05, 4.69) is 15.4 Å². The number of nitrogens with one attached hydrogen (secondary N) is 1. The van der Waals surface area contributed by atoms with Crippen molar-refractivity contribution in [3.8, 4) is 5.82 Å². The van der Waals surface area contributed by atoms with Crippen LogP contribution in [0.5, 0.6) is 0 Å². The first-order valence-corrected chi connectivity index (χ1v) is 8.49. The zero-order chi connectivity index (χ0) is 17.4. The highest BCUT2D eigenvalue weighted by Gasteiger charge is 2.27. The summed E-state index contributed by atoms with van der Waals surface area (Å²) in [5.74, 6) is 2.10. The first-order valence-electron chi connectivity index (χ1n) is 8.49. The fourth-order valence-electron chi connectivity index (χ4n) is 3.48. The molecule has 3 aromatic rings. The molecule has 0 saturated heterocycles. The van der Waals surface area contributed by atoms with Crippen molar-refractivity contribution in [3.05, 3.63) is 65.0 Å². The molecule has 1 N–H and O–H groups in total. The number of furan rings is 1. The predicted octanol–water partition coefficient (Wildman–Crippen LogP) is 3.28. The molecule has 1 aliphatic carbocycles. The van der Waals surface area contributed by atoms with Gasteiger partial charge in [0, 0.05) is 11.8 Å². The van der Waals surface area contributed by atoms with Crippen molar-refractivity contribution in [1.82, 2.24) is 20.1 Å². The summed E-state index contributed by atoms with van der Waals surface area (Å²) in [6.07, 6.45) is 6.45. The number of pyridine rings is 1. The van der Waals surface area contributed by atoms with Crippen LogP contribution in [0.4, 0.5) is 0 Å². The Balaban J connectivity index is 1.61. The molecular formula is C19H20N4O2. The van der Waals surface area contributed by atoms with Crippen LogP contribution in [0.3, 0.4) is 0 Å². The van der Waals surface area contributed by atoms with E-state index in [1.807, 2.05) is 42.9 Å². The number of carbonyl (C=O) groups is 1. The molecule has 25 heavy (non-hydrogen) atoms. The van der Waals surface area contributed by atoms with E-state index in [-0.39, 0.29) is 11.9 Å². The Morgan fingerprint density at radius 3 is 2.96 bits per heavy atom. The van der Waals surface area contributed by atoms with E-state index in [0.717, 1.165) is 42.1 Å². The smallest absolute Gasteiger partial charge is 0.255 e. The fourth-order valence-corrected chi connectivity index (χ4v) is 3.48. The van der Waals surface area contributed by atoms with Gasteiger partial charge in [-0.15, -0.1) is 0 Å². The second-order valence-electron chi connectivity index (χ2n) is 6.39. The highest BCUT2D eigenvalue weighted by molar-refractivity contribution is 5.95. The third-order valence-corrected chi connectivity index (χ3v) is 4.64. The maximum atomic E-state index is 12.6. The van der Waals surface area contributed by atoms with Crippen LogP contribution in [0, 0.1) is 13.8 Å². The number of hydrogen-bond donors (Lipinski definition) is 1. The van der Waals surface area contributed by atoms with Crippen LogP contribution in [0.1, 0.15) is 52.0 Å². The van der Waals surface area contributed by atoms with Crippen LogP contribution in [0.2, 0.25) is 0 Å². The molecule has 0 radical (unpaired) electrons. The van der Waals surface area contributed by atoms with Crippen molar-refractivity contribution in [2.24, 2.45) is 0 Å². The zero-order valence-electron chi connectivity index (χ0n) is 14.3. The van der Waals surface area contributed by atoms with Gasteiger partial charge in [0.05, 0.1) is 23.5 Å². The molecule has 0 aromatic carbocycles. The maximum Gasteiger partial charge on any atom is 0.255 e. The summed E-state index contributed by atoms with van der Waals surface area (Å²) in [7, 11) is 0. The van der Waals surface area contributed by atoms with Gasteiger partial charge in [-0.3, -0.25) is 4.79 Å². The summed E-state index contributed by atoms with van der Waals surface area (Å²) in [4.78, 5) is 17.0. The average Bonchev–Trinajstić information content (AvgIpc) is 3.19. The summed E-state index contributed by atoms with van der Waals surface area (Å²) in [6, 6.07) is 7.52. The van der Waals surface area contributed by atoms with Crippen molar-refractivity contribution < 1.29 is 9.21 Å². The molecule has 0 saturated carbocycles. The monoisotopic (exact) mass is 336 g/mol. The summed E-state index contributed by atoms with van der Waals surface area (Å²) >= 11 is 0. The van der Waals surface area contributed by atoms with Gasteiger partial charge in [-0.25, -0.2) is 9.67 Å². The molecule has 0 spiro atoms. The Kier molecular flexibility index (Phi) is 3.87. The van der Waals surface area contributed by atoms with Crippen molar-refractivity contribution in [2.75, 3.05) is 0 Å². The fraction of sp³-hybridized carbons (Fsp3) is 0.316. The van der Waals surface area contributed by atoms with E-state index in [1.165, 1.54) is 0 Å². The highest BCUT2D eigenvalue weighted by Crippen LogP contribution is 2.31. The van der Waals surface area contributed by atoms with Gasteiger partial charge in [-0.1, -0.05) is 6.07 Å². The van der Waals surface area contributed by atoms with Crippen LogP contribution < -0.4 is 5.32 Å². The van der Waals surface area contributed by atoms with Crippen LogP contribution in [0.15, 0.2) is 41.1 Å². The van der Waals surface area contributed by atoms with Gasteiger partial charge in [0.15, 0.2) is 5.82 Å². The van der Waals surface area contributed by atoms with Crippen molar-refractivity contribution in [2.45, 2.75) is 39.2 Å².